The van der Waals surface area contributed by atoms with Gasteiger partial charge in [-0.25, -0.2) is 13.4 Å². The molecule has 19 heavy (non-hydrogen) atoms. The van der Waals surface area contributed by atoms with Crippen molar-refractivity contribution >= 4 is 15.4 Å². The Bertz CT molecular complexity index is 706. The van der Waals surface area contributed by atoms with Gasteiger partial charge in [-0.2, -0.15) is 0 Å². The second-order valence-electron chi connectivity index (χ2n) is 5.11. The number of hydrogen-bond donors (Lipinski definition) is 1. The zero-order valence-corrected chi connectivity index (χ0v) is 11.4. The van der Waals surface area contributed by atoms with Crippen molar-refractivity contribution in [3.05, 3.63) is 35.9 Å². The molecule has 1 saturated heterocycles. The van der Waals surface area contributed by atoms with E-state index in [0.717, 1.165) is 29.7 Å². The van der Waals surface area contributed by atoms with Gasteiger partial charge in [0.05, 0.1) is 23.2 Å². The van der Waals surface area contributed by atoms with E-state index in [9.17, 15) is 8.42 Å². The van der Waals surface area contributed by atoms with Gasteiger partial charge in [-0.3, -0.25) is 0 Å². The predicted octanol–water partition coefficient (Wildman–Crippen LogP) is 1.09. The summed E-state index contributed by atoms with van der Waals surface area (Å²) in [6, 6.07) is 3.94. The maximum Gasteiger partial charge on any atom is 0.151 e. The van der Waals surface area contributed by atoms with E-state index in [1.54, 1.807) is 6.20 Å². The van der Waals surface area contributed by atoms with Gasteiger partial charge >= 0.3 is 0 Å². The zero-order chi connectivity index (χ0) is 13.5. The number of pyridine rings is 1. The summed E-state index contributed by atoms with van der Waals surface area (Å²) in [6.45, 7) is 0.469. The lowest BCUT2D eigenvalue weighted by molar-refractivity contribution is 0.542. The highest BCUT2D eigenvalue weighted by molar-refractivity contribution is 7.91. The third kappa shape index (κ3) is 2.37. The van der Waals surface area contributed by atoms with Crippen molar-refractivity contribution in [1.82, 2.24) is 9.38 Å². The average Bonchev–Trinajstić information content (AvgIpc) is 2.80. The van der Waals surface area contributed by atoms with E-state index in [4.69, 9.17) is 5.73 Å². The topological polar surface area (TPSA) is 77.5 Å². The van der Waals surface area contributed by atoms with E-state index in [1.165, 1.54) is 0 Å². The van der Waals surface area contributed by atoms with Crippen LogP contribution in [0.3, 0.4) is 0 Å². The lowest BCUT2D eigenvalue weighted by Gasteiger charge is -2.21. The van der Waals surface area contributed by atoms with Gasteiger partial charge in [-0.05, 0) is 24.5 Å². The molecule has 0 saturated carbocycles. The van der Waals surface area contributed by atoms with Crippen molar-refractivity contribution in [2.75, 3.05) is 11.5 Å². The molecule has 0 amide bonds. The molecule has 1 atom stereocenters. The number of imidazole rings is 1. The van der Waals surface area contributed by atoms with E-state index < -0.39 is 9.84 Å². The zero-order valence-electron chi connectivity index (χ0n) is 10.6. The van der Waals surface area contributed by atoms with Gasteiger partial charge in [0, 0.05) is 18.7 Å². The van der Waals surface area contributed by atoms with E-state index in [1.807, 2.05) is 22.7 Å². The molecule has 0 bridgehead atoms. The molecular formula is C13H17N3O2S. The lowest BCUT2D eigenvalue weighted by atomic mass is 10.0. The van der Waals surface area contributed by atoms with Crippen molar-refractivity contribution < 1.29 is 8.42 Å². The SMILES string of the molecule is NCc1ccc2cnc(C3CCCS(=O)(=O)C3)n2c1. The fourth-order valence-electron chi connectivity index (χ4n) is 2.70. The number of rotatable bonds is 2. The van der Waals surface area contributed by atoms with Crippen LogP contribution < -0.4 is 5.73 Å². The Morgan fingerprint density at radius 3 is 3.00 bits per heavy atom. The van der Waals surface area contributed by atoms with Crippen LogP contribution in [0.1, 0.15) is 30.1 Å². The van der Waals surface area contributed by atoms with Crippen LogP contribution in [0.15, 0.2) is 24.5 Å². The predicted molar refractivity (Wildman–Crippen MR) is 73.7 cm³/mol. The van der Waals surface area contributed by atoms with E-state index >= 15 is 0 Å². The van der Waals surface area contributed by atoms with Gasteiger partial charge in [-0.1, -0.05) is 6.07 Å². The minimum Gasteiger partial charge on any atom is -0.326 e. The summed E-state index contributed by atoms with van der Waals surface area (Å²) in [7, 11) is -2.92. The second-order valence-corrected chi connectivity index (χ2v) is 7.33. The molecule has 3 rings (SSSR count). The van der Waals surface area contributed by atoms with Gasteiger partial charge in [-0.15, -0.1) is 0 Å². The number of hydrogen-bond acceptors (Lipinski definition) is 4. The van der Waals surface area contributed by atoms with Crippen LogP contribution in [0.25, 0.3) is 5.52 Å². The molecule has 102 valence electrons. The molecule has 0 aromatic carbocycles. The smallest absolute Gasteiger partial charge is 0.151 e. The summed E-state index contributed by atoms with van der Waals surface area (Å²) >= 11 is 0. The summed E-state index contributed by atoms with van der Waals surface area (Å²) < 4.78 is 25.5. The number of nitrogens with zero attached hydrogens (tertiary/aromatic N) is 2. The fraction of sp³-hybridized carbons (Fsp3) is 0.462. The van der Waals surface area contributed by atoms with E-state index in [2.05, 4.69) is 4.98 Å². The summed E-state index contributed by atoms with van der Waals surface area (Å²) in [5.74, 6) is 1.35. The first-order valence-electron chi connectivity index (χ1n) is 6.45. The first-order chi connectivity index (χ1) is 9.09. The fourth-order valence-corrected chi connectivity index (χ4v) is 4.41. The van der Waals surface area contributed by atoms with Crippen LogP contribution in [0.2, 0.25) is 0 Å². The minimum atomic E-state index is -2.92. The quantitative estimate of drug-likeness (QED) is 0.892. The lowest BCUT2D eigenvalue weighted by Crippen LogP contribution is -2.25. The number of aromatic nitrogens is 2. The molecular weight excluding hydrogens is 262 g/mol. The molecule has 1 aliphatic rings. The molecule has 1 unspecified atom stereocenters. The highest BCUT2D eigenvalue weighted by Gasteiger charge is 2.28. The summed E-state index contributed by atoms with van der Waals surface area (Å²) in [6.07, 6.45) is 5.35. The van der Waals surface area contributed by atoms with Crippen LogP contribution in [0.4, 0.5) is 0 Å². The van der Waals surface area contributed by atoms with E-state index in [0.29, 0.717) is 12.3 Å². The molecule has 0 spiro atoms. The van der Waals surface area contributed by atoms with Gasteiger partial charge in [0.15, 0.2) is 9.84 Å². The summed E-state index contributed by atoms with van der Waals surface area (Å²) in [4.78, 5) is 4.42. The molecule has 0 radical (unpaired) electrons. The second kappa shape index (κ2) is 4.61. The molecule has 1 aliphatic heterocycles. The first kappa shape index (κ1) is 12.6. The van der Waals surface area contributed by atoms with Crippen LogP contribution in [0.5, 0.6) is 0 Å². The van der Waals surface area contributed by atoms with Crippen molar-refractivity contribution in [2.24, 2.45) is 5.73 Å². The third-order valence-electron chi connectivity index (χ3n) is 3.68. The summed E-state index contributed by atoms with van der Waals surface area (Å²) in [5, 5.41) is 0. The maximum absolute atomic E-state index is 11.8. The molecule has 2 aromatic heterocycles. The monoisotopic (exact) mass is 279 g/mol. The van der Waals surface area contributed by atoms with Gasteiger partial charge in [0.2, 0.25) is 0 Å². The molecule has 1 fully saturated rings. The Balaban J connectivity index is 2.04. The average molecular weight is 279 g/mol. The molecule has 2 N–H and O–H groups in total. The Morgan fingerprint density at radius 2 is 2.26 bits per heavy atom. The van der Waals surface area contributed by atoms with Crippen molar-refractivity contribution in [1.29, 1.82) is 0 Å². The normalized spacial score (nSPS) is 22.7. The Kier molecular flexibility index (Phi) is 3.06. The highest BCUT2D eigenvalue weighted by Crippen LogP contribution is 2.28. The summed E-state index contributed by atoms with van der Waals surface area (Å²) in [5.41, 5.74) is 7.65. The third-order valence-corrected chi connectivity index (χ3v) is 5.50. The van der Waals surface area contributed by atoms with Crippen LogP contribution in [0, 0.1) is 0 Å². The molecule has 0 aliphatic carbocycles. The number of sulfone groups is 1. The minimum absolute atomic E-state index is 0.00530. The van der Waals surface area contributed by atoms with Crippen molar-refractivity contribution in [2.45, 2.75) is 25.3 Å². The van der Waals surface area contributed by atoms with Crippen LogP contribution in [-0.2, 0) is 16.4 Å². The standard InChI is InChI=1S/C13H17N3O2S/c14-6-10-3-4-12-7-15-13(16(12)8-10)11-2-1-5-19(17,18)9-11/h3-4,7-8,11H,1-2,5-6,9,14H2. The van der Waals surface area contributed by atoms with Crippen molar-refractivity contribution in [3.8, 4) is 0 Å². The number of fused-ring (bicyclic) bond motifs is 1. The maximum atomic E-state index is 11.8. The molecule has 5 nitrogen and oxygen atoms in total. The first-order valence-corrected chi connectivity index (χ1v) is 8.27. The van der Waals surface area contributed by atoms with Gasteiger partial charge in [0.1, 0.15) is 5.82 Å². The molecule has 2 aromatic rings. The molecule has 6 heteroatoms. The molecule has 3 heterocycles. The highest BCUT2D eigenvalue weighted by atomic mass is 32.2. The van der Waals surface area contributed by atoms with Crippen molar-refractivity contribution in [3.63, 3.8) is 0 Å². The van der Waals surface area contributed by atoms with Crippen LogP contribution in [-0.4, -0.2) is 29.3 Å². The van der Waals surface area contributed by atoms with E-state index in [-0.39, 0.29) is 11.7 Å². The Hall–Kier alpha value is -1.40. The van der Waals surface area contributed by atoms with Crippen LogP contribution >= 0.6 is 0 Å². The Labute approximate surface area is 112 Å². The Morgan fingerprint density at radius 1 is 1.42 bits per heavy atom. The van der Waals surface area contributed by atoms with Gasteiger partial charge in [0.25, 0.3) is 0 Å². The van der Waals surface area contributed by atoms with Gasteiger partial charge < -0.3 is 10.1 Å². The largest absolute Gasteiger partial charge is 0.326 e. The number of nitrogens with two attached hydrogens (primary N) is 1.